The standard InChI is InChI=1S/C24H24FN5O3.C24H25N5O3.C20H15N5O2.C20H18N4O3.C19H16N4O3/c25-18-2-1-3-19(15-18)27-24-26-7-6-20(28-24)17-4-5-22-21(14-17)30(23(31)16-33-22)9-8-29-10-12-32-13-11-29;30-23-17-32-22-7-6-18(16-21(22)29(23)11-10-28-12-14-31-15-13-28)20-8-9-25-24(27-20)26-19-4-2-1-3-5-19;1-25-17-10-14(5-6-18(17)27-12-19(25)26)16-7-8-22-20(24-16)23-15-4-2-3-13(9-15)11-21;1-24-17-10-13(6-7-18(17)27-12-19(24)25)16-8-9-21-20(23-16)22-14-4-3-5-15(11-14)26-2;1-23-16-9-12(5-6-17(16)26-11-18(23)25)15-7-8-20-19(22-15)21-13-3-2-4-14(24)10-13/h1-7,14-15H,8-13,16H2,(H,26,27,28);1-9,16H,10-15,17H2,(H,25,26,27);2-10H,12H2,1H3,(H,22,23,24);3-11H,12H2,1-2H3,(H,21,22,23);2-10,24H,11H2,1H3,(H,20,21,22). The number of carbonyl (C=O) groups excluding carboxylic acids is 5. The van der Waals surface area contributed by atoms with Crippen molar-refractivity contribution in [3.63, 3.8) is 0 Å². The molecular formula is C107H98FN23O14. The second-order valence-electron chi connectivity index (χ2n) is 33.5. The van der Waals surface area contributed by atoms with E-state index in [9.17, 15) is 33.5 Å². The maximum Gasteiger partial charge on any atom is 0.265 e. The number of nitrogens with one attached hydrogen (secondary N) is 5. The molecule has 38 heteroatoms. The number of halogens is 1. The van der Waals surface area contributed by atoms with Crippen molar-refractivity contribution in [2.75, 3.05) is 191 Å². The molecule has 22 rings (SSSR count). The molecule has 145 heavy (non-hydrogen) atoms. The molecule has 0 radical (unpaired) electrons. The van der Waals surface area contributed by atoms with Gasteiger partial charge in [-0.2, -0.15) is 5.26 Å². The quantitative estimate of drug-likeness (QED) is 0.0367. The molecular weight excluding hydrogens is 1850 g/mol. The number of morpholine rings is 2. The van der Waals surface area contributed by atoms with Gasteiger partial charge in [-0.1, -0.05) is 42.5 Å². The van der Waals surface area contributed by atoms with E-state index in [2.05, 4.69) is 92.3 Å². The number of phenolic OH excluding ortho intramolecular Hbond substituents is 1. The lowest BCUT2D eigenvalue weighted by atomic mass is 10.1. The fourth-order valence-electron chi connectivity index (χ4n) is 16.2. The fourth-order valence-corrected chi connectivity index (χ4v) is 16.2. The van der Waals surface area contributed by atoms with Gasteiger partial charge in [0, 0.05) is 173 Å². The summed E-state index contributed by atoms with van der Waals surface area (Å²) in [6.07, 6.45) is 8.36. The Morgan fingerprint density at radius 1 is 0.345 bits per heavy atom. The zero-order valence-corrected chi connectivity index (χ0v) is 79.3. The van der Waals surface area contributed by atoms with Crippen LogP contribution < -0.4 is 79.5 Å². The zero-order valence-electron chi connectivity index (χ0n) is 79.3. The van der Waals surface area contributed by atoms with E-state index in [0.717, 1.165) is 145 Å². The van der Waals surface area contributed by atoms with Crippen LogP contribution in [0.3, 0.4) is 0 Å². The number of nitriles is 1. The van der Waals surface area contributed by atoms with E-state index in [0.29, 0.717) is 117 Å². The predicted octanol–water partition coefficient (Wildman–Crippen LogP) is 15.3. The number of nitrogens with zero attached hydrogens (tertiary/aromatic N) is 18. The highest BCUT2D eigenvalue weighted by Gasteiger charge is 2.32. The van der Waals surface area contributed by atoms with Crippen molar-refractivity contribution in [3.05, 3.63) is 291 Å². The van der Waals surface area contributed by atoms with E-state index in [1.54, 1.807) is 146 Å². The minimum atomic E-state index is -0.340. The number of likely N-dealkylation sites (N-methyl/N-ethyl adjacent to an activating group) is 3. The molecule has 732 valence electrons. The van der Waals surface area contributed by atoms with Crippen molar-refractivity contribution in [1.82, 2.24) is 59.6 Å². The number of aromatic nitrogens is 10. The molecule has 0 unspecified atom stereocenters. The van der Waals surface area contributed by atoms with Crippen LogP contribution in [-0.4, -0.2) is 234 Å². The first-order valence-corrected chi connectivity index (χ1v) is 46.4. The first-order chi connectivity index (χ1) is 70.8. The molecule has 0 bridgehead atoms. The fraction of sp³-hybridized carbons (Fsp3) is 0.196. The highest BCUT2D eigenvalue weighted by Crippen LogP contribution is 2.42. The summed E-state index contributed by atoms with van der Waals surface area (Å²) in [7, 11) is 6.81. The molecule has 2 saturated heterocycles. The summed E-state index contributed by atoms with van der Waals surface area (Å²) in [5, 5.41) is 34.2. The zero-order chi connectivity index (χ0) is 100. The third-order valence-corrected chi connectivity index (χ3v) is 24.0. The molecule has 0 spiro atoms. The van der Waals surface area contributed by atoms with E-state index >= 15 is 0 Å². The predicted molar refractivity (Wildman–Crippen MR) is 546 cm³/mol. The second-order valence-corrected chi connectivity index (χ2v) is 33.5. The van der Waals surface area contributed by atoms with Crippen molar-refractivity contribution >= 4 is 116 Å². The summed E-state index contributed by atoms with van der Waals surface area (Å²) in [6, 6.07) is 76.8. The van der Waals surface area contributed by atoms with Gasteiger partial charge in [-0.15, -0.1) is 0 Å². The van der Waals surface area contributed by atoms with Crippen LogP contribution in [0.4, 0.5) is 91.0 Å². The SMILES string of the molecule is CN1C(=O)COc2ccc(-c3ccnc(Nc4cccc(C#N)c4)n3)cc21.CN1C(=O)COc2ccc(-c3ccnc(Nc4cccc(O)c4)n3)cc21.COc1cccc(Nc2nccc(-c3ccc4c(c3)N(C)C(=O)CO4)n2)c1.O=C1COc2ccc(-c3ccnc(Nc4cccc(F)c4)n3)cc2N1CCN1CCOCC1.O=C1COc2ccc(-c3ccnc(Nc4ccccc4)n3)cc2N1CCN1CCOCC1. The highest BCUT2D eigenvalue weighted by molar-refractivity contribution is 6.02. The molecule has 0 aliphatic carbocycles. The van der Waals surface area contributed by atoms with Crippen LogP contribution in [0.15, 0.2) is 280 Å². The van der Waals surface area contributed by atoms with Crippen LogP contribution in [0.5, 0.6) is 40.2 Å². The minimum Gasteiger partial charge on any atom is -0.508 e. The number of aromatic hydroxyl groups is 1. The Labute approximate surface area is 832 Å². The van der Waals surface area contributed by atoms with Crippen LogP contribution in [0.25, 0.3) is 56.3 Å². The van der Waals surface area contributed by atoms with E-state index in [4.69, 9.17) is 43.2 Å². The van der Waals surface area contributed by atoms with E-state index in [1.807, 2.05) is 175 Å². The molecule has 0 saturated carbocycles. The van der Waals surface area contributed by atoms with Gasteiger partial charge in [0.1, 0.15) is 46.1 Å². The van der Waals surface area contributed by atoms with Crippen molar-refractivity contribution in [1.29, 1.82) is 5.26 Å². The maximum atomic E-state index is 13.5. The highest BCUT2D eigenvalue weighted by atomic mass is 19.1. The normalized spacial score (nSPS) is 14.5. The minimum absolute atomic E-state index is 0.0305. The molecule has 5 amide bonds. The summed E-state index contributed by atoms with van der Waals surface area (Å²) in [5.74, 6) is 5.78. The summed E-state index contributed by atoms with van der Waals surface area (Å²) < 4.78 is 57.3. The topological polar surface area (TPSA) is 415 Å². The van der Waals surface area contributed by atoms with Crippen LogP contribution in [-0.2, 0) is 33.4 Å². The first-order valence-electron chi connectivity index (χ1n) is 46.4. The number of amides is 5. The Balaban J connectivity index is 0.000000119. The number of rotatable bonds is 22. The smallest absolute Gasteiger partial charge is 0.265 e. The molecule has 2 fully saturated rings. The number of hydrogen-bond donors (Lipinski definition) is 6. The number of benzene rings is 10. The summed E-state index contributed by atoms with van der Waals surface area (Å²) in [5.41, 5.74) is 15.8. The van der Waals surface area contributed by atoms with Gasteiger partial charge in [0.25, 0.3) is 29.5 Å². The third kappa shape index (κ3) is 24.6. The van der Waals surface area contributed by atoms with Crippen LogP contribution >= 0.6 is 0 Å². The number of para-hydroxylation sites is 1. The molecule has 7 aliphatic rings. The summed E-state index contributed by atoms with van der Waals surface area (Å²) in [6.45, 7) is 9.46. The van der Waals surface area contributed by atoms with Gasteiger partial charge in [0.2, 0.25) is 29.7 Å². The number of hydrogen-bond acceptors (Lipinski definition) is 32. The van der Waals surface area contributed by atoms with Gasteiger partial charge < -0.3 is 94.1 Å². The first kappa shape index (κ1) is 97.1. The number of fused-ring (bicyclic) bond motifs is 5. The number of anilines is 15. The molecule has 10 aromatic carbocycles. The molecule has 12 heterocycles. The van der Waals surface area contributed by atoms with Crippen molar-refractivity contribution in [2.24, 2.45) is 0 Å². The molecule has 0 atom stereocenters. The maximum absolute atomic E-state index is 13.5. The second kappa shape index (κ2) is 45.8. The van der Waals surface area contributed by atoms with E-state index in [1.165, 1.54) is 12.1 Å². The lowest BCUT2D eigenvalue weighted by molar-refractivity contribution is -0.122. The average molecular weight is 1950 g/mol. The van der Waals surface area contributed by atoms with Crippen LogP contribution in [0.2, 0.25) is 0 Å². The average Bonchev–Trinajstić information content (AvgIpc) is 0.851. The van der Waals surface area contributed by atoms with Gasteiger partial charge in [-0.05, 0) is 194 Å². The number of phenols is 1. The molecule has 5 aromatic heterocycles. The Kier molecular flexibility index (Phi) is 30.7. The van der Waals surface area contributed by atoms with Crippen molar-refractivity contribution in [2.45, 2.75) is 0 Å². The van der Waals surface area contributed by atoms with Gasteiger partial charge in [-0.25, -0.2) is 54.2 Å². The van der Waals surface area contributed by atoms with Crippen LogP contribution in [0, 0.1) is 17.1 Å². The van der Waals surface area contributed by atoms with Gasteiger partial charge in [0.05, 0.1) is 102 Å². The Bertz CT molecular complexity index is 7280. The molecule has 6 N–H and O–H groups in total. The van der Waals surface area contributed by atoms with Crippen LogP contribution in [0.1, 0.15) is 5.56 Å². The Hall–Kier alpha value is -18.2. The molecule has 37 nitrogen and oxygen atoms in total. The summed E-state index contributed by atoms with van der Waals surface area (Å²) in [4.78, 5) is 118. The van der Waals surface area contributed by atoms with Gasteiger partial charge in [-0.3, -0.25) is 33.8 Å². The van der Waals surface area contributed by atoms with Gasteiger partial charge >= 0.3 is 0 Å². The third-order valence-electron chi connectivity index (χ3n) is 24.0. The van der Waals surface area contributed by atoms with Crippen molar-refractivity contribution < 1.29 is 71.4 Å². The van der Waals surface area contributed by atoms with Crippen molar-refractivity contribution in [3.8, 4) is 103 Å². The molecule has 15 aromatic rings. The largest absolute Gasteiger partial charge is 0.508 e. The molecule has 7 aliphatic heterocycles. The Morgan fingerprint density at radius 2 is 0.662 bits per heavy atom. The lowest BCUT2D eigenvalue weighted by Gasteiger charge is -2.33. The number of ether oxygens (including phenoxy) is 8. The van der Waals surface area contributed by atoms with E-state index < -0.39 is 0 Å². The number of methoxy groups -OCH3 is 1. The van der Waals surface area contributed by atoms with E-state index in [-0.39, 0.29) is 74.1 Å². The number of carbonyl (C=O) groups is 5. The Morgan fingerprint density at radius 3 is 1.03 bits per heavy atom. The summed E-state index contributed by atoms with van der Waals surface area (Å²) >= 11 is 0. The van der Waals surface area contributed by atoms with Gasteiger partial charge in [0.15, 0.2) is 33.0 Å². The lowest BCUT2D eigenvalue weighted by Crippen LogP contribution is -2.45. The monoisotopic (exact) mass is 1950 g/mol.